The fourth-order valence-electron chi connectivity index (χ4n) is 3.77. The zero-order valence-electron chi connectivity index (χ0n) is 16.7. The summed E-state index contributed by atoms with van der Waals surface area (Å²) in [7, 11) is 0. The summed E-state index contributed by atoms with van der Waals surface area (Å²) in [5, 5.41) is 12.3. The molecule has 0 aliphatic carbocycles. The van der Waals surface area contributed by atoms with Crippen LogP contribution < -0.4 is 10.2 Å². The molecule has 0 spiro atoms. The number of nitrogens with zero attached hydrogens (tertiary/aromatic N) is 4. The van der Waals surface area contributed by atoms with Crippen molar-refractivity contribution in [1.82, 2.24) is 9.97 Å². The van der Waals surface area contributed by atoms with Gasteiger partial charge in [0.25, 0.3) is 5.91 Å². The van der Waals surface area contributed by atoms with Gasteiger partial charge in [-0.2, -0.15) is 5.26 Å². The summed E-state index contributed by atoms with van der Waals surface area (Å²) in [5.74, 6) is -0.195. The van der Waals surface area contributed by atoms with E-state index in [-0.39, 0.29) is 17.6 Å². The second-order valence-electron chi connectivity index (χ2n) is 7.39. The molecule has 7 heteroatoms. The molecule has 1 N–H and O–H groups in total. The quantitative estimate of drug-likeness (QED) is 0.716. The zero-order valence-corrected chi connectivity index (χ0v) is 16.7. The average Bonchev–Trinajstić information content (AvgIpc) is 2.69. The average molecular weight is 401 g/mol. The standard InChI is InChI=1S/C23H20FN5O/c1-14-9-15(2)27-22(18(14)10-25)29-12-17(13-29)21-19(24)6-3-7-20(21)28-23(30)16-5-4-8-26-11-16/h3-9,11,17H,12-13H2,1-2H3,(H,28,30). The third kappa shape index (κ3) is 3.60. The number of carbonyl (C=O) groups excluding carboxylic acids is 1. The number of nitriles is 1. The minimum Gasteiger partial charge on any atom is -0.354 e. The number of benzene rings is 1. The van der Waals surface area contributed by atoms with Crippen LogP contribution in [-0.2, 0) is 0 Å². The van der Waals surface area contributed by atoms with E-state index in [0.29, 0.717) is 41.3 Å². The molecule has 1 aliphatic rings. The van der Waals surface area contributed by atoms with Gasteiger partial charge in [0.05, 0.1) is 11.1 Å². The van der Waals surface area contributed by atoms with Crippen LogP contribution in [0.25, 0.3) is 0 Å². The lowest BCUT2D eigenvalue weighted by Crippen LogP contribution is -2.46. The summed E-state index contributed by atoms with van der Waals surface area (Å²) < 4.78 is 14.7. The van der Waals surface area contributed by atoms with Crippen molar-refractivity contribution < 1.29 is 9.18 Å². The van der Waals surface area contributed by atoms with E-state index >= 15 is 0 Å². The van der Waals surface area contributed by atoms with Crippen molar-refractivity contribution >= 4 is 17.4 Å². The number of anilines is 2. The van der Waals surface area contributed by atoms with Gasteiger partial charge in [-0.1, -0.05) is 6.07 Å². The molecule has 0 unspecified atom stereocenters. The highest BCUT2D eigenvalue weighted by atomic mass is 19.1. The van der Waals surface area contributed by atoms with E-state index < -0.39 is 0 Å². The smallest absolute Gasteiger partial charge is 0.257 e. The van der Waals surface area contributed by atoms with Crippen molar-refractivity contribution in [3.63, 3.8) is 0 Å². The first-order valence-corrected chi connectivity index (χ1v) is 9.61. The van der Waals surface area contributed by atoms with E-state index in [2.05, 4.69) is 21.4 Å². The van der Waals surface area contributed by atoms with Crippen molar-refractivity contribution in [3.8, 4) is 6.07 Å². The Hall–Kier alpha value is -3.79. The molecule has 0 radical (unpaired) electrons. The van der Waals surface area contributed by atoms with Crippen LogP contribution in [0.4, 0.5) is 15.9 Å². The van der Waals surface area contributed by atoms with Crippen molar-refractivity contribution in [3.05, 3.63) is 82.6 Å². The Morgan fingerprint density at radius 1 is 1.27 bits per heavy atom. The molecular formula is C23H20FN5O. The van der Waals surface area contributed by atoms with Gasteiger partial charge in [0.1, 0.15) is 17.7 Å². The fraction of sp³-hybridized carbons (Fsp3) is 0.217. The normalized spacial score (nSPS) is 13.5. The maximum absolute atomic E-state index is 14.7. The lowest BCUT2D eigenvalue weighted by Gasteiger charge is -2.41. The highest BCUT2D eigenvalue weighted by Crippen LogP contribution is 2.37. The predicted molar refractivity (Wildman–Crippen MR) is 112 cm³/mol. The van der Waals surface area contributed by atoms with Crippen LogP contribution in [0, 0.1) is 31.0 Å². The van der Waals surface area contributed by atoms with Crippen LogP contribution in [0.5, 0.6) is 0 Å². The van der Waals surface area contributed by atoms with E-state index in [1.807, 2.05) is 24.8 Å². The first-order chi connectivity index (χ1) is 14.5. The van der Waals surface area contributed by atoms with Crippen LogP contribution in [-0.4, -0.2) is 29.0 Å². The summed E-state index contributed by atoms with van der Waals surface area (Å²) in [6.07, 6.45) is 3.05. The molecule has 0 bridgehead atoms. The summed E-state index contributed by atoms with van der Waals surface area (Å²) in [6, 6.07) is 12.1. The second-order valence-corrected chi connectivity index (χ2v) is 7.39. The number of aryl methyl sites for hydroxylation is 2. The minimum absolute atomic E-state index is 0.121. The van der Waals surface area contributed by atoms with Gasteiger partial charge in [0.2, 0.25) is 0 Å². The lowest BCUT2D eigenvalue weighted by molar-refractivity contribution is 0.102. The number of carbonyl (C=O) groups is 1. The monoisotopic (exact) mass is 401 g/mol. The second kappa shape index (κ2) is 7.91. The first kappa shape index (κ1) is 19.5. The lowest BCUT2D eigenvalue weighted by atomic mass is 9.89. The molecule has 1 amide bonds. The van der Waals surface area contributed by atoms with Gasteiger partial charge in [-0.15, -0.1) is 0 Å². The van der Waals surface area contributed by atoms with Crippen LogP contribution in [0.15, 0.2) is 48.8 Å². The molecule has 1 saturated heterocycles. The Morgan fingerprint density at radius 3 is 2.77 bits per heavy atom. The van der Waals surface area contributed by atoms with Crippen molar-refractivity contribution in [2.75, 3.05) is 23.3 Å². The number of amides is 1. The van der Waals surface area contributed by atoms with E-state index in [0.717, 1.165) is 11.3 Å². The van der Waals surface area contributed by atoms with Gasteiger partial charge >= 0.3 is 0 Å². The third-order valence-electron chi connectivity index (χ3n) is 5.25. The molecule has 0 atom stereocenters. The SMILES string of the molecule is Cc1cc(C)c(C#N)c(N2CC(c3c(F)cccc3NC(=O)c3cccnc3)C2)n1. The topological polar surface area (TPSA) is 81.9 Å². The molecule has 2 aromatic heterocycles. The first-order valence-electron chi connectivity index (χ1n) is 9.61. The van der Waals surface area contributed by atoms with Gasteiger partial charge in [0, 0.05) is 48.3 Å². The molecule has 1 aromatic carbocycles. The van der Waals surface area contributed by atoms with E-state index in [1.165, 1.54) is 12.3 Å². The van der Waals surface area contributed by atoms with Gasteiger partial charge in [-0.05, 0) is 49.7 Å². The molecule has 3 heterocycles. The molecule has 4 rings (SSSR count). The summed E-state index contributed by atoms with van der Waals surface area (Å²) >= 11 is 0. The highest BCUT2D eigenvalue weighted by Gasteiger charge is 2.34. The maximum atomic E-state index is 14.7. The summed E-state index contributed by atoms with van der Waals surface area (Å²) in [4.78, 5) is 23.0. The Morgan fingerprint density at radius 2 is 2.07 bits per heavy atom. The number of aromatic nitrogens is 2. The van der Waals surface area contributed by atoms with Gasteiger partial charge in [-0.3, -0.25) is 9.78 Å². The van der Waals surface area contributed by atoms with Crippen LogP contribution in [0.2, 0.25) is 0 Å². The number of hydrogen-bond donors (Lipinski definition) is 1. The zero-order chi connectivity index (χ0) is 21.3. The molecule has 150 valence electrons. The number of pyridine rings is 2. The van der Waals surface area contributed by atoms with Gasteiger partial charge in [0.15, 0.2) is 0 Å². The summed E-state index contributed by atoms with van der Waals surface area (Å²) in [5.41, 5.74) is 3.56. The Balaban J connectivity index is 1.57. The summed E-state index contributed by atoms with van der Waals surface area (Å²) in [6.45, 7) is 4.80. The number of hydrogen-bond acceptors (Lipinski definition) is 5. The highest BCUT2D eigenvalue weighted by molar-refractivity contribution is 6.04. The van der Waals surface area contributed by atoms with Crippen molar-refractivity contribution in [2.45, 2.75) is 19.8 Å². The molecule has 1 aliphatic heterocycles. The van der Waals surface area contributed by atoms with Crippen LogP contribution >= 0.6 is 0 Å². The third-order valence-corrected chi connectivity index (χ3v) is 5.25. The van der Waals surface area contributed by atoms with Crippen LogP contribution in [0.3, 0.4) is 0 Å². The molecule has 30 heavy (non-hydrogen) atoms. The van der Waals surface area contributed by atoms with Crippen LogP contribution in [0.1, 0.15) is 38.7 Å². The Labute approximate surface area is 174 Å². The molecule has 6 nitrogen and oxygen atoms in total. The largest absolute Gasteiger partial charge is 0.354 e. The molecule has 1 fully saturated rings. The molecular weight excluding hydrogens is 381 g/mol. The number of rotatable bonds is 4. The predicted octanol–water partition coefficient (Wildman–Crippen LogP) is 3.96. The van der Waals surface area contributed by atoms with E-state index in [9.17, 15) is 14.4 Å². The van der Waals surface area contributed by atoms with Gasteiger partial charge < -0.3 is 10.2 Å². The minimum atomic E-state index is -0.363. The molecule has 3 aromatic rings. The Bertz CT molecular complexity index is 1150. The van der Waals surface area contributed by atoms with Gasteiger partial charge in [-0.25, -0.2) is 9.37 Å². The van der Waals surface area contributed by atoms with E-state index in [1.54, 1.807) is 30.5 Å². The van der Waals surface area contributed by atoms with Crippen molar-refractivity contribution in [1.29, 1.82) is 5.26 Å². The Kier molecular flexibility index (Phi) is 5.15. The van der Waals surface area contributed by atoms with Crippen molar-refractivity contribution in [2.24, 2.45) is 0 Å². The molecule has 0 saturated carbocycles. The van der Waals surface area contributed by atoms with E-state index in [4.69, 9.17) is 0 Å². The maximum Gasteiger partial charge on any atom is 0.257 e. The number of nitrogens with one attached hydrogen (secondary N) is 1. The fourth-order valence-corrected chi connectivity index (χ4v) is 3.77. The number of halogens is 1.